The van der Waals surface area contributed by atoms with Gasteiger partial charge >= 0.3 is 5.91 Å². The first-order valence-corrected chi connectivity index (χ1v) is 9.83. The van der Waals surface area contributed by atoms with Crippen LogP contribution < -0.4 is 10.7 Å². The molecule has 1 aliphatic rings. The van der Waals surface area contributed by atoms with E-state index in [2.05, 4.69) is 31.8 Å². The Kier molecular flexibility index (Phi) is 6.45. The van der Waals surface area contributed by atoms with E-state index in [4.69, 9.17) is 4.42 Å². The molecule has 0 spiro atoms. The zero-order chi connectivity index (χ0) is 19.2. The van der Waals surface area contributed by atoms with Gasteiger partial charge in [0.15, 0.2) is 10.4 Å². The van der Waals surface area contributed by atoms with Crippen LogP contribution in [-0.4, -0.2) is 17.5 Å². The molecule has 7 heteroatoms. The molecule has 0 unspecified atom stereocenters. The van der Waals surface area contributed by atoms with Gasteiger partial charge in [0.1, 0.15) is 0 Å². The molecule has 0 aliphatic heterocycles. The lowest BCUT2D eigenvalue weighted by molar-refractivity contribution is -0.120. The Morgan fingerprint density at radius 3 is 2.63 bits per heavy atom. The van der Waals surface area contributed by atoms with Crippen molar-refractivity contribution in [1.82, 2.24) is 5.43 Å². The van der Waals surface area contributed by atoms with Crippen LogP contribution in [-0.2, 0) is 4.79 Å². The number of nitrogens with zero attached hydrogens (tertiary/aromatic N) is 1. The molecule has 27 heavy (non-hydrogen) atoms. The van der Waals surface area contributed by atoms with E-state index in [0.29, 0.717) is 10.4 Å². The van der Waals surface area contributed by atoms with Crippen LogP contribution >= 0.6 is 15.9 Å². The van der Waals surface area contributed by atoms with Gasteiger partial charge in [-0.15, -0.1) is 0 Å². The number of rotatable bonds is 5. The fraction of sp³-hybridized carbons (Fsp3) is 0.350. The lowest BCUT2D eigenvalue weighted by atomic mass is 9.88. The molecule has 2 N–H and O–H groups in total. The third-order valence-electron chi connectivity index (χ3n) is 4.65. The highest BCUT2D eigenvalue weighted by Gasteiger charge is 2.21. The molecular weight excluding hydrogens is 410 g/mol. The minimum atomic E-state index is -0.429. The Morgan fingerprint density at radius 2 is 1.93 bits per heavy atom. The highest BCUT2D eigenvalue weighted by molar-refractivity contribution is 9.10. The Morgan fingerprint density at radius 1 is 1.15 bits per heavy atom. The quantitative estimate of drug-likeness (QED) is 0.530. The van der Waals surface area contributed by atoms with Gasteiger partial charge < -0.3 is 9.73 Å². The maximum Gasteiger partial charge on any atom is 0.307 e. The zero-order valence-electron chi connectivity index (χ0n) is 15.1. The van der Waals surface area contributed by atoms with Crippen LogP contribution in [0.1, 0.15) is 55.1 Å². The van der Waals surface area contributed by atoms with Crippen molar-refractivity contribution in [1.29, 1.82) is 0 Å². The summed E-state index contributed by atoms with van der Waals surface area (Å²) in [7, 11) is 0. The molecule has 1 aliphatic carbocycles. The number of hydrazone groups is 1. The number of carbonyl (C=O) groups excluding carboxylic acids is 2. The van der Waals surface area contributed by atoms with Crippen LogP contribution in [0.2, 0.25) is 0 Å². The van der Waals surface area contributed by atoms with Gasteiger partial charge in [0.2, 0.25) is 5.91 Å². The van der Waals surface area contributed by atoms with Crippen LogP contribution in [0.15, 0.2) is 50.6 Å². The molecule has 1 aromatic carbocycles. The summed E-state index contributed by atoms with van der Waals surface area (Å²) in [5, 5.41) is 7.12. The van der Waals surface area contributed by atoms with Crippen LogP contribution in [0.4, 0.5) is 5.69 Å². The van der Waals surface area contributed by atoms with Crippen LogP contribution in [0.3, 0.4) is 0 Å². The number of halogens is 1. The number of carbonyl (C=O) groups is 2. The summed E-state index contributed by atoms with van der Waals surface area (Å²) >= 11 is 3.16. The summed E-state index contributed by atoms with van der Waals surface area (Å²) in [6, 6.07) is 10.7. The molecule has 1 saturated carbocycles. The SMILES string of the molecule is CC(=NNC(=O)c1ccc(Br)o1)c1cccc(NC(=O)C2CCCCC2)c1. The largest absolute Gasteiger partial charge is 0.444 e. The number of anilines is 1. The van der Waals surface area contributed by atoms with Crippen molar-refractivity contribution in [3.8, 4) is 0 Å². The lowest BCUT2D eigenvalue weighted by Gasteiger charge is -2.20. The van der Waals surface area contributed by atoms with Crippen molar-refractivity contribution in [3.63, 3.8) is 0 Å². The maximum atomic E-state index is 12.4. The molecule has 1 aromatic heterocycles. The second-order valence-electron chi connectivity index (χ2n) is 6.65. The van der Waals surface area contributed by atoms with Crippen molar-refractivity contribution in [2.45, 2.75) is 39.0 Å². The van der Waals surface area contributed by atoms with E-state index in [9.17, 15) is 9.59 Å². The Hall–Kier alpha value is -2.41. The van der Waals surface area contributed by atoms with Crippen LogP contribution in [0.25, 0.3) is 0 Å². The predicted molar refractivity (Wildman–Crippen MR) is 108 cm³/mol. The molecule has 6 nitrogen and oxygen atoms in total. The Balaban J connectivity index is 1.63. The molecule has 2 aromatic rings. The summed E-state index contributed by atoms with van der Waals surface area (Å²) in [5.41, 5.74) is 4.65. The molecule has 0 radical (unpaired) electrons. The summed E-state index contributed by atoms with van der Waals surface area (Å²) in [5.74, 6) is -0.0732. The molecule has 1 fully saturated rings. The number of amides is 2. The average Bonchev–Trinajstić information content (AvgIpc) is 3.13. The summed E-state index contributed by atoms with van der Waals surface area (Å²) in [6.45, 7) is 1.79. The third kappa shape index (κ3) is 5.29. The minimum Gasteiger partial charge on any atom is -0.444 e. The number of nitrogens with one attached hydrogen (secondary N) is 2. The standard InChI is InChI=1S/C20H22BrN3O3/c1-13(23-24-20(26)17-10-11-18(21)27-17)15-8-5-9-16(12-15)22-19(25)14-6-3-2-4-7-14/h5,8-12,14H,2-4,6-7H2,1H3,(H,22,25)(H,24,26). The van der Waals surface area contributed by atoms with E-state index >= 15 is 0 Å². The molecule has 0 saturated heterocycles. The molecule has 1 heterocycles. The van der Waals surface area contributed by atoms with Crippen LogP contribution in [0.5, 0.6) is 0 Å². The van der Waals surface area contributed by atoms with Crippen molar-refractivity contribution < 1.29 is 14.0 Å². The van der Waals surface area contributed by atoms with Gasteiger partial charge in [0.25, 0.3) is 0 Å². The fourth-order valence-electron chi connectivity index (χ4n) is 3.12. The monoisotopic (exact) mass is 431 g/mol. The zero-order valence-corrected chi connectivity index (χ0v) is 16.7. The first-order chi connectivity index (χ1) is 13.0. The van der Waals surface area contributed by atoms with Gasteiger partial charge in [-0.05, 0) is 65.5 Å². The van der Waals surface area contributed by atoms with Gasteiger partial charge in [0.05, 0.1) is 5.71 Å². The van der Waals surface area contributed by atoms with E-state index < -0.39 is 5.91 Å². The van der Waals surface area contributed by atoms with Gasteiger partial charge in [-0.2, -0.15) is 5.10 Å². The maximum absolute atomic E-state index is 12.4. The van der Waals surface area contributed by atoms with Crippen molar-refractivity contribution >= 4 is 39.1 Å². The molecule has 142 valence electrons. The second kappa shape index (κ2) is 8.99. The summed E-state index contributed by atoms with van der Waals surface area (Å²) in [4.78, 5) is 24.4. The number of hydrogen-bond donors (Lipinski definition) is 2. The van der Waals surface area contributed by atoms with Crippen molar-refractivity contribution in [2.75, 3.05) is 5.32 Å². The highest BCUT2D eigenvalue weighted by Crippen LogP contribution is 2.25. The second-order valence-corrected chi connectivity index (χ2v) is 7.43. The lowest BCUT2D eigenvalue weighted by Crippen LogP contribution is -2.24. The van der Waals surface area contributed by atoms with Gasteiger partial charge in [0, 0.05) is 11.6 Å². The number of benzene rings is 1. The van der Waals surface area contributed by atoms with E-state index in [-0.39, 0.29) is 17.6 Å². The molecule has 3 rings (SSSR count). The number of hydrogen-bond acceptors (Lipinski definition) is 4. The van der Waals surface area contributed by atoms with E-state index in [1.807, 2.05) is 24.3 Å². The summed E-state index contributed by atoms with van der Waals surface area (Å²) < 4.78 is 5.67. The van der Waals surface area contributed by atoms with Crippen molar-refractivity contribution in [3.05, 3.63) is 52.4 Å². The fourth-order valence-corrected chi connectivity index (χ4v) is 3.43. The van der Waals surface area contributed by atoms with Crippen LogP contribution in [0, 0.1) is 5.92 Å². The highest BCUT2D eigenvalue weighted by atomic mass is 79.9. The topological polar surface area (TPSA) is 83.7 Å². The first-order valence-electron chi connectivity index (χ1n) is 9.04. The van der Waals surface area contributed by atoms with Gasteiger partial charge in [-0.25, -0.2) is 5.43 Å². The van der Waals surface area contributed by atoms with E-state index in [1.54, 1.807) is 19.1 Å². The minimum absolute atomic E-state index is 0.0816. The average molecular weight is 432 g/mol. The molecule has 0 atom stereocenters. The predicted octanol–water partition coefficient (Wildman–Crippen LogP) is 4.71. The van der Waals surface area contributed by atoms with E-state index in [1.165, 1.54) is 6.42 Å². The Bertz CT molecular complexity index is 854. The van der Waals surface area contributed by atoms with E-state index in [0.717, 1.165) is 36.9 Å². The normalized spacial score (nSPS) is 15.4. The molecule has 0 bridgehead atoms. The molecular formula is C20H22BrN3O3. The van der Waals surface area contributed by atoms with Gasteiger partial charge in [-0.1, -0.05) is 31.4 Å². The number of furan rings is 1. The Labute approximate surface area is 166 Å². The third-order valence-corrected chi connectivity index (χ3v) is 5.07. The van der Waals surface area contributed by atoms with Gasteiger partial charge in [-0.3, -0.25) is 9.59 Å². The smallest absolute Gasteiger partial charge is 0.307 e. The summed E-state index contributed by atoms with van der Waals surface area (Å²) in [6.07, 6.45) is 5.38. The molecule has 2 amide bonds. The van der Waals surface area contributed by atoms with Crippen molar-refractivity contribution in [2.24, 2.45) is 11.0 Å². The first kappa shape index (κ1) is 19.4.